The summed E-state index contributed by atoms with van der Waals surface area (Å²) in [6.07, 6.45) is 0. The van der Waals surface area contributed by atoms with Crippen molar-refractivity contribution in [2.24, 2.45) is 11.3 Å². The van der Waals surface area contributed by atoms with E-state index in [-0.39, 0.29) is 5.41 Å². The molecule has 1 rings (SSSR count). The van der Waals surface area contributed by atoms with Gasteiger partial charge in [0.2, 0.25) is 0 Å². The van der Waals surface area contributed by atoms with Crippen molar-refractivity contribution in [3.8, 4) is 0 Å². The molecule has 1 heteroatoms. The van der Waals surface area contributed by atoms with Crippen molar-refractivity contribution in [3.63, 3.8) is 0 Å². The molecule has 0 saturated heterocycles. The summed E-state index contributed by atoms with van der Waals surface area (Å²) in [5.74, 6) is 0.611. The molecule has 62 valence electrons. The van der Waals surface area contributed by atoms with Gasteiger partial charge in [0.1, 0.15) is 0 Å². The highest BCUT2D eigenvalue weighted by molar-refractivity contribution is 5.96. The molecule has 1 unspecified atom stereocenters. The molecule has 11 heavy (non-hydrogen) atoms. The first-order valence-electron chi connectivity index (χ1n) is 4.19. The molecule has 0 radical (unpaired) electrons. The van der Waals surface area contributed by atoms with Crippen LogP contribution in [0.1, 0.15) is 34.6 Å². The van der Waals surface area contributed by atoms with Crippen LogP contribution in [0.4, 0.5) is 0 Å². The summed E-state index contributed by atoms with van der Waals surface area (Å²) in [4.78, 5) is 0. The van der Waals surface area contributed by atoms with Crippen LogP contribution in [0.25, 0.3) is 0 Å². The van der Waals surface area contributed by atoms with E-state index < -0.39 is 0 Å². The van der Waals surface area contributed by atoms with Gasteiger partial charge in [0.15, 0.2) is 0 Å². The quantitative estimate of drug-likeness (QED) is 0.463. The minimum Gasteiger partial charge on any atom is -0.309 e. The first-order chi connectivity index (χ1) is 4.92. The normalized spacial score (nSPS) is 29.6. The number of rotatable bonds is 2. The summed E-state index contributed by atoms with van der Waals surface area (Å²) in [6, 6.07) is 0. The highest BCUT2D eigenvalue weighted by Gasteiger charge is 2.48. The van der Waals surface area contributed by atoms with Crippen molar-refractivity contribution in [3.05, 3.63) is 11.1 Å². The zero-order valence-electron chi connectivity index (χ0n) is 8.08. The second-order valence-electron chi connectivity index (χ2n) is 3.94. The van der Waals surface area contributed by atoms with E-state index in [0.717, 1.165) is 5.71 Å². The maximum absolute atomic E-state index is 7.62. The molecule has 0 aromatic rings. The van der Waals surface area contributed by atoms with Crippen LogP contribution in [-0.2, 0) is 0 Å². The van der Waals surface area contributed by atoms with Gasteiger partial charge in [0.05, 0.1) is 0 Å². The zero-order chi connectivity index (χ0) is 8.81. The summed E-state index contributed by atoms with van der Waals surface area (Å²) >= 11 is 0. The van der Waals surface area contributed by atoms with E-state index in [0.29, 0.717) is 5.92 Å². The molecule has 0 aromatic heterocycles. The Balaban J connectivity index is 2.82. The van der Waals surface area contributed by atoms with Gasteiger partial charge in [0, 0.05) is 11.1 Å². The van der Waals surface area contributed by atoms with Gasteiger partial charge in [-0.25, -0.2) is 0 Å². The Morgan fingerprint density at radius 3 is 2.00 bits per heavy atom. The second-order valence-corrected chi connectivity index (χ2v) is 3.94. The van der Waals surface area contributed by atoms with E-state index in [1.54, 1.807) is 0 Å². The third-order valence-electron chi connectivity index (χ3n) is 2.96. The molecular formula is C10H17N. The van der Waals surface area contributed by atoms with Gasteiger partial charge < -0.3 is 5.41 Å². The van der Waals surface area contributed by atoms with Crippen molar-refractivity contribution >= 4 is 5.71 Å². The Bertz CT molecular complexity index is 235. The number of hydrogen-bond acceptors (Lipinski definition) is 1. The van der Waals surface area contributed by atoms with Crippen molar-refractivity contribution in [2.75, 3.05) is 0 Å². The molecule has 0 amide bonds. The third-order valence-corrected chi connectivity index (χ3v) is 2.96. The zero-order valence-corrected chi connectivity index (χ0v) is 8.08. The average Bonchev–Trinajstić information content (AvgIpc) is 2.37. The topological polar surface area (TPSA) is 23.9 Å². The number of hydrogen-bond donors (Lipinski definition) is 1. The molecule has 1 atom stereocenters. The molecule has 0 bridgehead atoms. The largest absolute Gasteiger partial charge is 0.309 e. The Morgan fingerprint density at radius 1 is 1.45 bits per heavy atom. The molecule has 1 aliphatic rings. The Hall–Kier alpha value is -0.590. The molecule has 1 aliphatic carbocycles. The van der Waals surface area contributed by atoms with Gasteiger partial charge in [-0.15, -0.1) is 0 Å². The van der Waals surface area contributed by atoms with Gasteiger partial charge >= 0.3 is 0 Å². The fraction of sp³-hybridized carbons (Fsp3) is 0.700. The Kier molecular flexibility index (Phi) is 1.70. The van der Waals surface area contributed by atoms with Crippen LogP contribution in [0.15, 0.2) is 11.1 Å². The van der Waals surface area contributed by atoms with Crippen LogP contribution in [0, 0.1) is 16.7 Å². The predicted octanol–water partition coefficient (Wildman–Crippen LogP) is 3.02. The lowest BCUT2D eigenvalue weighted by atomic mass is 9.91. The molecule has 0 fully saturated rings. The van der Waals surface area contributed by atoms with Crippen LogP contribution in [-0.4, -0.2) is 5.71 Å². The van der Waals surface area contributed by atoms with Gasteiger partial charge in [-0.05, 0) is 26.7 Å². The highest BCUT2D eigenvalue weighted by Crippen LogP contribution is 2.56. The van der Waals surface area contributed by atoms with E-state index in [9.17, 15) is 0 Å². The summed E-state index contributed by atoms with van der Waals surface area (Å²) in [5.41, 5.74) is 3.75. The lowest BCUT2D eigenvalue weighted by molar-refractivity contribution is 0.689. The SMILES string of the molecule is CC(=N)C1(C)C(C)=C1C(C)C. The summed E-state index contributed by atoms with van der Waals surface area (Å²) in [6.45, 7) is 10.6. The van der Waals surface area contributed by atoms with Crippen LogP contribution in [0.2, 0.25) is 0 Å². The van der Waals surface area contributed by atoms with Crippen LogP contribution in [0.5, 0.6) is 0 Å². The van der Waals surface area contributed by atoms with Crippen molar-refractivity contribution in [1.82, 2.24) is 0 Å². The van der Waals surface area contributed by atoms with Crippen molar-refractivity contribution < 1.29 is 0 Å². The molecule has 0 saturated carbocycles. The minimum absolute atomic E-state index is 0.0637. The van der Waals surface area contributed by atoms with E-state index in [1.165, 1.54) is 11.1 Å². The van der Waals surface area contributed by atoms with Crippen LogP contribution in [0.3, 0.4) is 0 Å². The summed E-state index contributed by atoms with van der Waals surface area (Å²) in [5, 5.41) is 7.62. The molecule has 1 nitrogen and oxygen atoms in total. The van der Waals surface area contributed by atoms with Crippen molar-refractivity contribution in [2.45, 2.75) is 34.6 Å². The fourth-order valence-electron chi connectivity index (χ4n) is 2.05. The predicted molar refractivity (Wildman–Crippen MR) is 49.0 cm³/mol. The maximum atomic E-state index is 7.62. The highest BCUT2D eigenvalue weighted by atomic mass is 14.6. The number of allylic oxidation sites excluding steroid dienone is 2. The molecular weight excluding hydrogens is 134 g/mol. The van der Waals surface area contributed by atoms with Crippen LogP contribution < -0.4 is 0 Å². The van der Waals surface area contributed by atoms with Gasteiger partial charge in [-0.3, -0.25) is 0 Å². The first kappa shape index (κ1) is 8.51. The molecule has 0 heterocycles. The van der Waals surface area contributed by atoms with Crippen molar-refractivity contribution in [1.29, 1.82) is 5.41 Å². The van der Waals surface area contributed by atoms with Gasteiger partial charge in [-0.2, -0.15) is 0 Å². The molecule has 0 aromatic carbocycles. The number of nitrogens with one attached hydrogen (secondary N) is 1. The summed E-state index contributed by atoms with van der Waals surface area (Å²) in [7, 11) is 0. The van der Waals surface area contributed by atoms with E-state index in [2.05, 4.69) is 27.7 Å². The lowest BCUT2D eigenvalue weighted by Gasteiger charge is -2.13. The van der Waals surface area contributed by atoms with E-state index in [1.807, 2.05) is 6.92 Å². The Morgan fingerprint density at radius 2 is 1.91 bits per heavy atom. The molecule has 1 N–H and O–H groups in total. The average molecular weight is 151 g/mol. The molecule has 0 aliphatic heterocycles. The van der Waals surface area contributed by atoms with E-state index in [4.69, 9.17) is 5.41 Å². The first-order valence-corrected chi connectivity index (χ1v) is 4.19. The lowest BCUT2D eigenvalue weighted by Crippen LogP contribution is -2.13. The van der Waals surface area contributed by atoms with E-state index >= 15 is 0 Å². The standard InChI is InChI=1S/C10H17N/c1-6(2)9-7(3)10(9,5)8(4)11/h6,11H,1-5H3. The van der Waals surface area contributed by atoms with Gasteiger partial charge in [0.25, 0.3) is 0 Å². The van der Waals surface area contributed by atoms with Crippen LogP contribution >= 0.6 is 0 Å². The minimum atomic E-state index is 0.0637. The maximum Gasteiger partial charge on any atom is 0.0472 e. The monoisotopic (exact) mass is 151 g/mol. The fourth-order valence-corrected chi connectivity index (χ4v) is 2.05. The summed E-state index contributed by atoms with van der Waals surface area (Å²) < 4.78 is 0. The third kappa shape index (κ3) is 0.943. The molecule has 0 spiro atoms. The van der Waals surface area contributed by atoms with Gasteiger partial charge in [-0.1, -0.05) is 25.0 Å². The second kappa shape index (κ2) is 2.20. The smallest absolute Gasteiger partial charge is 0.0472 e. The Labute approximate surface area is 69.0 Å².